The van der Waals surface area contributed by atoms with Gasteiger partial charge in [0.2, 0.25) is 0 Å². The Hall–Kier alpha value is -1.06. The van der Waals surface area contributed by atoms with E-state index in [2.05, 4.69) is 10.3 Å². The molecule has 4 nitrogen and oxygen atoms in total. The number of rotatable bonds is 0. The van der Waals surface area contributed by atoms with E-state index < -0.39 is 0 Å². The topological polar surface area (TPSA) is 65.2 Å². The van der Waals surface area contributed by atoms with Crippen molar-refractivity contribution in [1.82, 2.24) is 0 Å². The van der Waals surface area contributed by atoms with Crippen molar-refractivity contribution >= 4 is 11.4 Å². The summed E-state index contributed by atoms with van der Waals surface area (Å²) in [5.74, 6) is 0. The van der Waals surface area contributed by atoms with Crippen LogP contribution < -0.4 is 0 Å². The Labute approximate surface area is 71.6 Å². The molecule has 4 heteroatoms. The van der Waals surface area contributed by atoms with Gasteiger partial charge in [-0.2, -0.15) is 0 Å². The molecule has 0 unspecified atom stereocenters. The van der Waals surface area contributed by atoms with Crippen LogP contribution in [0.4, 0.5) is 0 Å². The molecule has 0 radical (unpaired) electrons. The zero-order chi connectivity index (χ0) is 8.81. The maximum absolute atomic E-state index is 8.61. The Balaban J connectivity index is 2.65. The summed E-state index contributed by atoms with van der Waals surface area (Å²) >= 11 is 0. The highest BCUT2D eigenvalue weighted by atomic mass is 16.4. The van der Waals surface area contributed by atoms with E-state index in [1.54, 1.807) is 0 Å². The summed E-state index contributed by atoms with van der Waals surface area (Å²) in [5.41, 5.74) is 1.08. The van der Waals surface area contributed by atoms with Gasteiger partial charge in [-0.15, -0.1) is 0 Å². The minimum Gasteiger partial charge on any atom is -0.411 e. The molecule has 1 rings (SSSR count). The predicted molar refractivity (Wildman–Crippen MR) is 46.1 cm³/mol. The van der Waals surface area contributed by atoms with E-state index in [9.17, 15) is 0 Å². The van der Waals surface area contributed by atoms with Crippen molar-refractivity contribution in [2.24, 2.45) is 10.3 Å². The second-order valence-electron chi connectivity index (χ2n) is 3.01. The minimum atomic E-state index is 0.539. The summed E-state index contributed by atoms with van der Waals surface area (Å²) in [6.07, 6.45) is 5.79. The molecule has 1 fully saturated rings. The van der Waals surface area contributed by atoms with Crippen molar-refractivity contribution in [2.75, 3.05) is 0 Å². The van der Waals surface area contributed by atoms with Crippen LogP contribution in [-0.4, -0.2) is 21.8 Å². The van der Waals surface area contributed by atoms with Gasteiger partial charge >= 0.3 is 0 Å². The van der Waals surface area contributed by atoms with Gasteiger partial charge in [-0.25, -0.2) is 0 Å². The lowest BCUT2D eigenvalue weighted by Crippen LogP contribution is -2.16. The third kappa shape index (κ3) is 2.22. The predicted octanol–water partition coefficient (Wildman–Crippen LogP) is 2.00. The summed E-state index contributed by atoms with van der Waals surface area (Å²) in [7, 11) is 0. The summed E-state index contributed by atoms with van der Waals surface area (Å²) in [6, 6.07) is 0. The van der Waals surface area contributed by atoms with Gasteiger partial charge in [0.15, 0.2) is 0 Å². The molecule has 0 aromatic rings. The Kier molecular flexibility index (Phi) is 3.57. The van der Waals surface area contributed by atoms with Crippen LogP contribution in [0.1, 0.15) is 38.5 Å². The fourth-order valence-electron chi connectivity index (χ4n) is 1.44. The van der Waals surface area contributed by atoms with Gasteiger partial charge in [-0.05, 0) is 25.7 Å². The van der Waals surface area contributed by atoms with Crippen LogP contribution >= 0.6 is 0 Å². The molecule has 12 heavy (non-hydrogen) atoms. The van der Waals surface area contributed by atoms with Crippen LogP contribution in [0.5, 0.6) is 0 Å². The van der Waals surface area contributed by atoms with Crippen molar-refractivity contribution in [3.63, 3.8) is 0 Å². The van der Waals surface area contributed by atoms with E-state index in [1.165, 1.54) is 0 Å². The Bertz CT molecular complexity index is 177. The summed E-state index contributed by atoms with van der Waals surface area (Å²) in [5, 5.41) is 23.5. The first-order valence-corrected chi connectivity index (χ1v) is 4.30. The SMILES string of the molecule is O/N=C1/CCCCCC/C1=N\O. The van der Waals surface area contributed by atoms with E-state index in [1.807, 2.05) is 0 Å². The van der Waals surface area contributed by atoms with Gasteiger partial charge in [0.1, 0.15) is 11.4 Å². The van der Waals surface area contributed by atoms with Crippen molar-refractivity contribution < 1.29 is 10.4 Å². The molecule has 0 amide bonds. The number of oxime groups is 2. The van der Waals surface area contributed by atoms with Crippen LogP contribution in [0.2, 0.25) is 0 Å². The molecule has 68 valence electrons. The zero-order valence-corrected chi connectivity index (χ0v) is 7.03. The molecule has 1 saturated carbocycles. The third-order valence-corrected chi connectivity index (χ3v) is 2.15. The highest BCUT2D eigenvalue weighted by molar-refractivity contribution is 6.42. The van der Waals surface area contributed by atoms with Crippen molar-refractivity contribution in [3.8, 4) is 0 Å². The fourth-order valence-corrected chi connectivity index (χ4v) is 1.44. The molecule has 0 spiro atoms. The second kappa shape index (κ2) is 4.74. The summed E-state index contributed by atoms with van der Waals surface area (Å²) in [4.78, 5) is 0. The van der Waals surface area contributed by atoms with E-state index in [0.29, 0.717) is 11.4 Å². The molecule has 0 aliphatic heterocycles. The molecule has 0 aromatic carbocycles. The molecule has 0 saturated heterocycles. The van der Waals surface area contributed by atoms with Crippen LogP contribution in [0.25, 0.3) is 0 Å². The van der Waals surface area contributed by atoms with E-state index in [-0.39, 0.29) is 0 Å². The maximum Gasteiger partial charge on any atom is 0.104 e. The summed E-state index contributed by atoms with van der Waals surface area (Å²) < 4.78 is 0. The standard InChI is InChI=1S/C8H14N2O2/c11-9-7-5-3-1-2-4-6-8(7)10-12/h11-12H,1-6H2/b9-7-,10-8+. The molecule has 1 aliphatic carbocycles. The fraction of sp³-hybridized carbons (Fsp3) is 0.750. The third-order valence-electron chi connectivity index (χ3n) is 2.15. The van der Waals surface area contributed by atoms with Crippen molar-refractivity contribution in [3.05, 3.63) is 0 Å². The van der Waals surface area contributed by atoms with Gasteiger partial charge in [0, 0.05) is 0 Å². The van der Waals surface area contributed by atoms with E-state index >= 15 is 0 Å². The molecule has 2 N–H and O–H groups in total. The molecular weight excluding hydrogens is 156 g/mol. The van der Waals surface area contributed by atoms with Crippen molar-refractivity contribution in [2.45, 2.75) is 38.5 Å². The lowest BCUT2D eigenvalue weighted by Gasteiger charge is -2.10. The molecule has 0 atom stereocenters. The van der Waals surface area contributed by atoms with Crippen LogP contribution in [0.3, 0.4) is 0 Å². The maximum atomic E-state index is 8.61. The Morgan fingerprint density at radius 3 is 1.50 bits per heavy atom. The number of hydrogen-bond acceptors (Lipinski definition) is 4. The quantitative estimate of drug-likeness (QED) is 0.431. The summed E-state index contributed by atoms with van der Waals surface area (Å²) in [6.45, 7) is 0. The largest absolute Gasteiger partial charge is 0.411 e. The number of nitrogens with zero attached hydrogens (tertiary/aromatic N) is 2. The van der Waals surface area contributed by atoms with Crippen LogP contribution in [-0.2, 0) is 0 Å². The highest BCUT2D eigenvalue weighted by Gasteiger charge is 2.12. The molecule has 0 aromatic heterocycles. The monoisotopic (exact) mass is 170 g/mol. The minimum absolute atomic E-state index is 0.539. The first-order chi connectivity index (χ1) is 5.88. The molecular formula is C8H14N2O2. The van der Waals surface area contributed by atoms with Crippen LogP contribution in [0, 0.1) is 0 Å². The average molecular weight is 170 g/mol. The van der Waals surface area contributed by atoms with Gasteiger partial charge in [-0.3, -0.25) is 0 Å². The molecule has 0 heterocycles. The second-order valence-corrected chi connectivity index (χ2v) is 3.01. The Morgan fingerprint density at radius 2 is 1.17 bits per heavy atom. The first-order valence-electron chi connectivity index (χ1n) is 4.30. The first kappa shape index (κ1) is 9.03. The Morgan fingerprint density at radius 1 is 0.750 bits per heavy atom. The molecule has 1 aliphatic rings. The van der Waals surface area contributed by atoms with Crippen LogP contribution in [0.15, 0.2) is 10.3 Å². The highest BCUT2D eigenvalue weighted by Crippen LogP contribution is 2.13. The van der Waals surface area contributed by atoms with Gasteiger partial charge < -0.3 is 10.4 Å². The van der Waals surface area contributed by atoms with Gasteiger partial charge in [-0.1, -0.05) is 23.2 Å². The number of hydrogen-bond donors (Lipinski definition) is 2. The smallest absolute Gasteiger partial charge is 0.104 e. The van der Waals surface area contributed by atoms with E-state index in [4.69, 9.17) is 10.4 Å². The van der Waals surface area contributed by atoms with Gasteiger partial charge in [0.25, 0.3) is 0 Å². The van der Waals surface area contributed by atoms with E-state index in [0.717, 1.165) is 38.5 Å². The normalized spacial score (nSPS) is 27.0. The lowest BCUT2D eigenvalue weighted by molar-refractivity contribution is 0.311. The van der Waals surface area contributed by atoms with Crippen molar-refractivity contribution in [1.29, 1.82) is 0 Å². The zero-order valence-electron chi connectivity index (χ0n) is 7.03. The molecule has 0 bridgehead atoms. The van der Waals surface area contributed by atoms with Gasteiger partial charge in [0.05, 0.1) is 0 Å². The lowest BCUT2D eigenvalue weighted by atomic mass is 9.98. The average Bonchev–Trinajstić information content (AvgIpc) is 2.05.